The Labute approximate surface area is 205 Å². The molecular weight excluding hydrogens is 450 g/mol. The summed E-state index contributed by atoms with van der Waals surface area (Å²) in [5, 5.41) is 8.78. The van der Waals surface area contributed by atoms with E-state index in [2.05, 4.69) is 27.4 Å². The van der Waals surface area contributed by atoms with E-state index in [1.54, 1.807) is 13.3 Å². The Bertz CT molecular complexity index is 1120. The molecule has 1 N–H and O–H groups in total. The number of anilines is 1. The summed E-state index contributed by atoms with van der Waals surface area (Å²) in [6, 6.07) is 15.7. The van der Waals surface area contributed by atoms with Crippen LogP contribution >= 0.6 is 11.6 Å². The van der Waals surface area contributed by atoms with Crippen molar-refractivity contribution in [1.82, 2.24) is 20.0 Å². The number of rotatable bonds is 5. The molecule has 3 aromatic rings. The third-order valence-corrected chi connectivity index (χ3v) is 7.09. The van der Waals surface area contributed by atoms with Crippen LogP contribution in [0.2, 0.25) is 5.02 Å². The van der Waals surface area contributed by atoms with E-state index in [9.17, 15) is 4.79 Å². The van der Waals surface area contributed by atoms with E-state index in [-0.39, 0.29) is 5.91 Å². The minimum atomic E-state index is 0.0723. The fourth-order valence-corrected chi connectivity index (χ4v) is 5.06. The third kappa shape index (κ3) is 4.63. The Morgan fingerprint density at radius 2 is 1.62 bits per heavy atom. The summed E-state index contributed by atoms with van der Waals surface area (Å²) < 4.78 is 7.20. The van der Waals surface area contributed by atoms with Gasteiger partial charge in [0.25, 0.3) is 5.91 Å². The van der Waals surface area contributed by atoms with E-state index >= 15 is 0 Å². The van der Waals surface area contributed by atoms with Gasteiger partial charge in [0.1, 0.15) is 5.75 Å². The van der Waals surface area contributed by atoms with Gasteiger partial charge in [-0.2, -0.15) is 5.10 Å². The molecule has 1 amide bonds. The molecule has 2 aromatic carbocycles. The van der Waals surface area contributed by atoms with Gasteiger partial charge in [0.15, 0.2) is 0 Å². The number of carbonyl (C=O) groups excluding carboxylic acids is 1. The third-order valence-electron chi connectivity index (χ3n) is 6.84. The van der Waals surface area contributed by atoms with Crippen molar-refractivity contribution in [3.8, 4) is 11.4 Å². The van der Waals surface area contributed by atoms with E-state index in [4.69, 9.17) is 16.3 Å². The first-order valence-electron chi connectivity index (χ1n) is 11.9. The van der Waals surface area contributed by atoms with Crippen LogP contribution in [0.1, 0.15) is 34.8 Å². The molecule has 2 fully saturated rings. The molecule has 34 heavy (non-hydrogen) atoms. The second kappa shape index (κ2) is 10.1. The van der Waals surface area contributed by atoms with Gasteiger partial charge in [0.2, 0.25) is 0 Å². The second-order valence-electron chi connectivity index (χ2n) is 8.83. The van der Waals surface area contributed by atoms with Gasteiger partial charge in [-0.05, 0) is 74.5 Å². The number of piperazine rings is 1. The van der Waals surface area contributed by atoms with Crippen molar-refractivity contribution in [3.05, 3.63) is 71.0 Å². The zero-order valence-electron chi connectivity index (χ0n) is 19.4. The molecule has 0 bridgehead atoms. The Kier molecular flexibility index (Phi) is 6.74. The van der Waals surface area contributed by atoms with Crippen LogP contribution < -0.4 is 15.0 Å². The molecule has 2 saturated heterocycles. The smallest absolute Gasteiger partial charge is 0.257 e. The average molecular weight is 480 g/mol. The lowest BCUT2D eigenvalue weighted by Gasteiger charge is -2.36. The SMILES string of the molecule is COc1ccc(N2CCN(C(=O)c3cnn(-c4ccc(Cl)cc4)c3C3CCNCC3)CC2)cc1. The lowest BCUT2D eigenvalue weighted by Crippen LogP contribution is -2.49. The van der Waals surface area contributed by atoms with Gasteiger partial charge in [-0.1, -0.05) is 11.6 Å². The van der Waals surface area contributed by atoms with E-state index in [0.29, 0.717) is 24.0 Å². The monoisotopic (exact) mass is 479 g/mol. The summed E-state index contributed by atoms with van der Waals surface area (Å²) in [5.74, 6) is 1.21. The molecule has 1 aromatic heterocycles. The number of hydrogen-bond donors (Lipinski definition) is 1. The molecule has 0 aliphatic carbocycles. The van der Waals surface area contributed by atoms with Gasteiger partial charge in [-0.3, -0.25) is 4.79 Å². The molecule has 0 atom stereocenters. The Balaban J connectivity index is 1.36. The molecule has 0 unspecified atom stereocenters. The molecule has 2 aliphatic heterocycles. The summed E-state index contributed by atoms with van der Waals surface area (Å²) in [7, 11) is 1.67. The topological polar surface area (TPSA) is 62.6 Å². The minimum absolute atomic E-state index is 0.0723. The molecular formula is C26H30ClN5O2. The Morgan fingerprint density at radius 1 is 0.971 bits per heavy atom. The Hall–Kier alpha value is -3.03. The average Bonchev–Trinajstić information content (AvgIpc) is 3.34. The maximum Gasteiger partial charge on any atom is 0.257 e. The van der Waals surface area contributed by atoms with Crippen molar-refractivity contribution in [3.63, 3.8) is 0 Å². The standard InChI is InChI=1S/C26H30ClN5O2/c1-34-23-8-6-21(7-9-23)30-14-16-31(17-15-30)26(33)24-18-29-32(22-4-2-20(27)3-5-22)25(24)19-10-12-28-13-11-19/h2-9,18-19,28H,10-17H2,1H3. The van der Waals surface area contributed by atoms with Crippen molar-refractivity contribution in [2.75, 3.05) is 51.3 Å². The quantitative estimate of drug-likeness (QED) is 0.600. The number of nitrogens with zero attached hydrogens (tertiary/aromatic N) is 4. The van der Waals surface area contributed by atoms with Crippen molar-refractivity contribution in [1.29, 1.82) is 0 Å². The fraction of sp³-hybridized carbons (Fsp3) is 0.385. The summed E-state index contributed by atoms with van der Waals surface area (Å²) in [6.07, 6.45) is 3.74. The summed E-state index contributed by atoms with van der Waals surface area (Å²) >= 11 is 6.11. The molecule has 2 aliphatic rings. The summed E-state index contributed by atoms with van der Waals surface area (Å²) in [6.45, 7) is 4.86. The second-order valence-corrected chi connectivity index (χ2v) is 9.27. The molecule has 3 heterocycles. The van der Waals surface area contributed by atoms with Crippen molar-refractivity contribution in [2.45, 2.75) is 18.8 Å². The fourth-order valence-electron chi connectivity index (χ4n) is 4.93. The maximum absolute atomic E-state index is 13.7. The normalized spacial score (nSPS) is 17.1. The largest absolute Gasteiger partial charge is 0.497 e. The summed E-state index contributed by atoms with van der Waals surface area (Å²) in [4.78, 5) is 18.0. The summed E-state index contributed by atoms with van der Waals surface area (Å²) in [5.41, 5.74) is 3.83. The number of nitrogens with one attached hydrogen (secondary N) is 1. The highest BCUT2D eigenvalue weighted by Gasteiger charge is 2.30. The molecule has 7 nitrogen and oxygen atoms in total. The van der Waals surface area contributed by atoms with Crippen LogP contribution in [0.5, 0.6) is 5.75 Å². The predicted octanol–water partition coefficient (Wildman–Crippen LogP) is 3.96. The first kappa shape index (κ1) is 22.7. The number of benzene rings is 2. The molecule has 5 rings (SSSR count). The van der Waals surface area contributed by atoms with Crippen LogP contribution in [0.15, 0.2) is 54.7 Å². The number of amides is 1. The number of halogens is 1. The van der Waals surface area contributed by atoms with Gasteiger partial charge in [-0.25, -0.2) is 4.68 Å². The highest BCUT2D eigenvalue weighted by molar-refractivity contribution is 6.30. The van der Waals surface area contributed by atoms with E-state index in [0.717, 1.165) is 67.4 Å². The van der Waals surface area contributed by atoms with Gasteiger partial charge >= 0.3 is 0 Å². The first-order valence-corrected chi connectivity index (χ1v) is 12.2. The van der Waals surface area contributed by atoms with Gasteiger partial charge in [0.05, 0.1) is 30.3 Å². The van der Waals surface area contributed by atoms with E-state index in [1.165, 1.54) is 0 Å². The number of carbonyl (C=O) groups is 1. The van der Waals surface area contributed by atoms with Crippen molar-refractivity contribution < 1.29 is 9.53 Å². The van der Waals surface area contributed by atoms with Crippen LogP contribution in [-0.2, 0) is 0 Å². The predicted molar refractivity (Wildman–Crippen MR) is 135 cm³/mol. The van der Waals surface area contributed by atoms with Crippen LogP contribution in [0.4, 0.5) is 5.69 Å². The highest BCUT2D eigenvalue weighted by atomic mass is 35.5. The van der Waals surface area contributed by atoms with Crippen LogP contribution in [0.25, 0.3) is 5.69 Å². The number of hydrogen-bond acceptors (Lipinski definition) is 5. The van der Waals surface area contributed by atoms with Gasteiger partial charge < -0.3 is 19.9 Å². The Morgan fingerprint density at radius 3 is 2.26 bits per heavy atom. The van der Waals surface area contributed by atoms with Crippen LogP contribution in [-0.4, -0.2) is 67.0 Å². The number of piperidine rings is 1. The molecule has 178 valence electrons. The highest BCUT2D eigenvalue weighted by Crippen LogP contribution is 2.31. The van der Waals surface area contributed by atoms with E-state index < -0.39 is 0 Å². The molecule has 8 heteroatoms. The maximum atomic E-state index is 13.7. The lowest BCUT2D eigenvalue weighted by atomic mass is 9.91. The van der Waals surface area contributed by atoms with Crippen molar-refractivity contribution >= 4 is 23.2 Å². The molecule has 0 spiro atoms. The number of methoxy groups -OCH3 is 1. The zero-order valence-corrected chi connectivity index (χ0v) is 20.2. The molecule has 0 saturated carbocycles. The molecule has 0 radical (unpaired) electrons. The van der Waals surface area contributed by atoms with Crippen LogP contribution in [0, 0.1) is 0 Å². The van der Waals surface area contributed by atoms with E-state index in [1.807, 2.05) is 46.0 Å². The minimum Gasteiger partial charge on any atom is -0.497 e. The number of aromatic nitrogens is 2. The first-order chi connectivity index (χ1) is 16.6. The van der Waals surface area contributed by atoms with Crippen LogP contribution in [0.3, 0.4) is 0 Å². The van der Waals surface area contributed by atoms with Gasteiger partial charge in [0, 0.05) is 42.8 Å². The lowest BCUT2D eigenvalue weighted by molar-refractivity contribution is 0.0744. The van der Waals surface area contributed by atoms with Crippen molar-refractivity contribution in [2.24, 2.45) is 0 Å². The zero-order chi connectivity index (χ0) is 23.5. The number of ether oxygens (including phenoxy) is 1. The van der Waals surface area contributed by atoms with Gasteiger partial charge in [-0.15, -0.1) is 0 Å².